The van der Waals surface area contributed by atoms with Crippen molar-refractivity contribution in [2.24, 2.45) is 0 Å². The SMILES string of the molecule is Cc1ccc(F)c(COS(C)(=O)=O)c1. The lowest BCUT2D eigenvalue weighted by molar-refractivity contribution is 0.305. The Balaban J connectivity index is 2.81. The van der Waals surface area contributed by atoms with Crippen LogP contribution in [0, 0.1) is 12.7 Å². The third kappa shape index (κ3) is 3.43. The first-order chi connectivity index (χ1) is 6.38. The van der Waals surface area contributed by atoms with Crippen LogP contribution in [-0.2, 0) is 20.9 Å². The molecular formula is C9H11FO3S. The van der Waals surface area contributed by atoms with E-state index in [1.165, 1.54) is 6.07 Å². The van der Waals surface area contributed by atoms with Gasteiger partial charge in [0.15, 0.2) is 0 Å². The second-order valence-corrected chi connectivity index (χ2v) is 4.71. The van der Waals surface area contributed by atoms with E-state index >= 15 is 0 Å². The molecule has 3 nitrogen and oxygen atoms in total. The Labute approximate surface area is 82.6 Å². The Morgan fingerprint density at radius 1 is 1.43 bits per heavy atom. The molecule has 0 atom stereocenters. The molecule has 0 saturated heterocycles. The number of hydrogen-bond donors (Lipinski definition) is 0. The standard InChI is InChI=1S/C9H11FO3S/c1-7-3-4-9(10)8(5-7)6-13-14(2,11)12/h3-5H,6H2,1-2H3. The van der Waals surface area contributed by atoms with Crippen LogP contribution in [0.1, 0.15) is 11.1 Å². The summed E-state index contributed by atoms with van der Waals surface area (Å²) in [6, 6.07) is 4.45. The third-order valence-electron chi connectivity index (χ3n) is 1.63. The fourth-order valence-electron chi connectivity index (χ4n) is 0.985. The third-order valence-corrected chi connectivity index (χ3v) is 2.18. The molecule has 0 amide bonds. The Morgan fingerprint density at radius 2 is 2.07 bits per heavy atom. The maximum atomic E-state index is 13.1. The monoisotopic (exact) mass is 218 g/mol. The van der Waals surface area contributed by atoms with Crippen molar-refractivity contribution in [3.05, 3.63) is 35.1 Å². The molecule has 0 aromatic heterocycles. The van der Waals surface area contributed by atoms with Crippen molar-refractivity contribution in [1.82, 2.24) is 0 Å². The number of hydrogen-bond acceptors (Lipinski definition) is 3. The van der Waals surface area contributed by atoms with Crippen molar-refractivity contribution >= 4 is 10.1 Å². The van der Waals surface area contributed by atoms with E-state index in [0.29, 0.717) is 0 Å². The average Bonchev–Trinajstić information content (AvgIpc) is 2.05. The van der Waals surface area contributed by atoms with E-state index < -0.39 is 15.9 Å². The van der Waals surface area contributed by atoms with Gasteiger partial charge in [0.25, 0.3) is 10.1 Å². The Morgan fingerprint density at radius 3 is 2.64 bits per heavy atom. The van der Waals surface area contributed by atoms with E-state index in [-0.39, 0.29) is 12.2 Å². The topological polar surface area (TPSA) is 43.4 Å². The summed E-state index contributed by atoms with van der Waals surface area (Å²) in [7, 11) is -3.52. The zero-order chi connectivity index (χ0) is 10.8. The summed E-state index contributed by atoms with van der Waals surface area (Å²) >= 11 is 0. The first-order valence-electron chi connectivity index (χ1n) is 3.98. The van der Waals surface area contributed by atoms with Gasteiger partial charge in [-0.25, -0.2) is 4.39 Å². The molecule has 0 heterocycles. The van der Waals surface area contributed by atoms with Crippen molar-refractivity contribution in [3.8, 4) is 0 Å². The maximum absolute atomic E-state index is 13.1. The summed E-state index contributed by atoms with van der Waals surface area (Å²) in [4.78, 5) is 0. The van der Waals surface area contributed by atoms with Gasteiger partial charge in [0.05, 0.1) is 12.9 Å². The van der Waals surface area contributed by atoms with E-state index in [1.807, 2.05) is 0 Å². The van der Waals surface area contributed by atoms with Crippen LogP contribution in [-0.4, -0.2) is 14.7 Å². The lowest BCUT2D eigenvalue weighted by Gasteiger charge is -2.03. The van der Waals surface area contributed by atoms with E-state index in [1.54, 1.807) is 19.1 Å². The quantitative estimate of drug-likeness (QED) is 0.724. The Hall–Kier alpha value is -0.940. The van der Waals surface area contributed by atoms with Crippen LogP contribution in [0.2, 0.25) is 0 Å². The molecule has 0 aliphatic carbocycles. The van der Waals surface area contributed by atoms with Gasteiger partial charge in [0.1, 0.15) is 5.82 Å². The van der Waals surface area contributed by atoms with Gasteiger partial charge in [-0.1, -0.05) is 17.7 Å². The smallest absolute Gasteiger partial charge is 0.264 e. The second kappa shape index (κ2) is 4.06. The molecule has 0 saturated carbocycles. The molecular weight excluding hydrogens is 207 g/mol. The molecule has 0 aliphatic rings. The van der Waals surface area contributed by atoms with Crippen LogP contribution in [0.4, 0.5) is 4.39 Å². The van der Waals surface area contributed by atoms with Crippen LogP contribution in [0.15, 0.2) is 18.2 Å². The number of halogens is 1. The molecule has 1 aromatic rings. The van der Waals surface area contributed by atoms with Crippen LogP contribution in [0.5, 0.6) is 0 Å². The highest BCUT2D eigenvalue weighted by Gasteiger charge is 2.06. The molecule has 1 rings (SSSR count). The summed E-state index contributed by atoms with van der Waals surface area (Å²) in [5, 5.41) is 0. The Bertz CT molecular complexity index is 426. The van der Waals surface area contributed by atoms with E-state index in [2.05, 4.69) is 4.18 Å². The highest BCUT2D eigenvalue weighted by Crippen LogP contribution is 2.11. The van der Waals surface area contributed by atoms with Gasteiger partial charge in [-0.2, -0.15) is 8.42 Å². The van der Waals surface area contributed by atoms with E-state index in [9.17, 15) is 12.8 Å². The van der Waals surface area contributed by atoms with Gasteiger partial charge in [0.2, 0.25) is 0 Å². The summed E-state index contributed by atoms with van der Waals surface area (Å²) in [5.41, 5.74) is 1.11. The van der Waals surface area contributed by atoms with Gasteiger partial charge in [-0.3, -0.25) is 4.18 Å². The molecule has 0 bridgehead atoms. The summed E-state index contributed by atoms with van der Waals surface area (Å²) < 4.78 is 38.9. The predicted molar refractivity (Wildman–Crippen MR) is 50.8 cm³/mol. The van der Waals surface area contributed by atoms with Gasteiger partial charge >= 0.3 is 0 Å². The minimum Gasteiger partial charge on any atom is -0.265 e. The zero-order valence-electron chi connectivity index (χ0n) is 7.95. The predicted octanol–water partition coefficient (Wildman–Crippen LogP) is 1.61. The van der Waals surface area contributed by atoms with Gasteiger partial charge in [0, 0.05) is 5.56 Å². The molecule has 0 fully saturated rings. The molecule has 14 heavy (non-hydrogen) atoms. The minimum absolute atomic E-state index is 0.246. The van der Waals surface area contributed by atoms with Gasteiger partial charge < -0.3 is 0 Å². The lowest BCUT2D eigenvalue weighted by atomic mass is 10.1. The second-order valence-electron chi connectivity index (χ2n) is 3.06. The number of benzene rings is 1. The van der Waals surface area contributed by atoms with Gasteiger partial charge in [-0.15, -0.1) is 0 Å². The lowest BCUT2D eigenvalue weighted by Crippen LogP contribution is -2.04. The van der Waals surface area contributed by atoms with E-state index in [4.69, 9.17) is 0 Å². The highest BCUT2D eigenvalue weighted by molar-refractivity contribution is 7.85. The molecule has 0 N–H and O–H groups in total. The van der Waals surface area contributed by atoms with Crippen LogP contribution in [0.25, 0.3) is 0 Å². The minimum atomic E-state index is -3.52. The normalized spacial score (nSPS) is 11.6. The number of rotatable bonds is 3. The molecule has 0 unspecified atom stereocenters. The zero-order valence-corrected chi connectivity index (χ0v) is 8.77. The maximum Gasteiger partial charge on any atom is 0.264 e. The summed E-state index contributed by atoms with van der Waals surface area (Å²) in [6.07, 6.45) is 0.931. The molecule has 78 valence electrons. The van der Waals surface area contributed by atoms with Crippen molar-refractivity contribution in [1.29, 1.82) is 0 Å². The van der Waals surface area contributed by atoms with Crippen molar-refractivity contribution < 1.29 is 17.0 Å². The largest absolute Gasteiger partial charge is 0.265 e. The summed E-state index contributed by atoms with van der Waals surface area (Å²) in [5.74, 6) is -0.459. The molecule has 0 aliphatic heterocycles. The summed E-state index contributed by atoms with van der Waals surface area (Å²) in [6.45, 7) is 1.54. The van der Waals surface area contributed by atoms with E-state index in [0.717, 1.165) is 11.8 Å². The molecule has 0 spiro atoms. The highest BCUT2D eigenvalue weighted by atomic mass is 32.2. The number of aryl methyl sites for hydroxylation is 1. The molecule has 1 aromatic carbocycles. The molecule has 0 radical (unpaired) electrons. The fraction of sp³-hybridized carbons (Fsp3) is 0.333. The van der Waals surface area contributed by atoms with Crippen LogP contribution >= 0.6 is 0 Å². The van der Waals surface area contributed by atoms with Gasteiger partial charge in [-0.05, 0) is 13.0 Å². The first kappa shape index (κ1) is 11.1. The van der Waals surface area contributed by atoms with Crippen LogP contribution < -0.4 is 0 Å². The Kier molecular flexibility index (Phi) is 3.23. The molecule has 5 heteroatoms. The average molecular weight is 218 g/mol. The van der Waals surface area contributed by atoms with Crippen molar-refractivity contribution in [2.75, 3.05) is 6.26 Å². The fourth-order valence-corrected chi connectivity index (χ4v) is 1.33. The van der Waals surface area contributed by atoms with Crippen molar-refractivity contribution in [3.63, 3.8) is 0 Å². The van der Waals surface area contributed by atoms with Crippen molar-refractivity contribution in [2.45, 2.75) is 13.5 Å². The first-order valence-corrected chi connectivity index (χ1v) is 5.79. The van der Waals surface area contributed by atoms with Crippen LogP contribution in [0.3, 0.4) is 0 Å².